The smallest absolute Gasteiger partial charge is 0.150 e. The third-order valence-corrected chi connectivity index (χ3v) is 2.39. The number of Topliss-reactive ketones (excluding diaryl/α,β-unsaturated/α-hetero) is 1. The SMILES string of the molecule is CC(=O)C(N)c1ccc(I)cc1. The van der Waals surface area contributed by atoms with Gasteiger partial charge in [0.15, 0.2) is 5.78 Å². The van der Waals surface area contributed by atoms with Crippen molar-refractivity contribution in [2.45, 2.75) is 13.0 Å². The van der Waals surface area contributed by atoms with Crippen LogP contribution in [0.25, 0.3) is 0 Å². The van der Waals surface area contributed by atoms with Gasteiger partial charge in [-0.15, -0.1) is 0 Å². The fourth-order valence-corrected chi connectivity index (χ4v) is 1.26. The molecule has 0 aromatic heterocycles. The lowest BCUT2D eigenvalue weighted by Crippen LogP contribution is -2.18. The van der Waals surface area contributed by atoms with Crippen LogP contribution < -0.4 is 5.73 Å². The van der Waals surface area contributed by atoms with Crippen LogP contribution in [0.1, 0.15) is 18.5 Å². The van der Waals surface area contributed by atoms with Crippen LogP contribution in [0, 0.1) is 3.57 Å². The van der Waals surface area contributed by atoms with Crippen LogP contribution in [0.2, 0.25) is 0 Å². The largest absolute Gasteiger partial charge is 0.318 e. The first-order valence-corrected chi connectivity index (χ1v) is 4.70. The van der Waals surface area contributed by atoms with Gasteiger partial charge in [0.25, 0.3) is 0 Å². The number of carbonyl (C=O) groups excluding carboxylic acids is 1. The van der Waals surface area contributed by atoms with Crippen LogP contribution in [0.15, 0.2) is 24.3 Å². The quantitative estimate of drug-likeness (QED) is 0.837. The van der Waals surface area contributed by atoms with Gasteiger partial charge < -0.3 is 5.73 Å². The van der Waals surface area contributed by atoms with Crippen molar-refractivity contribution in [3.63, 3.8) is 0 Å². The molecule has 1 atom stereocenters. The molecule has 1 aromatic carbocycles. The summed E-state index contributed by atoms with van der Waals surface area (Å²) in [5.74, 6) is -0.00351. The predicted octanol–water partition coefficient (Wildman–Crippen LogP) is 1.88. The van der Waals surface area contributed by atoms with E-state index in [4.69, 9.17) is 5.73 Å². The molecule has 1 rings (SSSR count). The lowest BCUT2D eigenvalue weighted by atomic mass is 10.1. The monoisotopic (exact) mass is 275 g/mol. The molecule has 64 valence electrons. The van der Waals surface area contributed by atoms with Crippen molar-refractivity contribution in [3.05, 3.63) is 33.4 Å². The summed E-state index contributed by atoms with van der Waals surface area (Å²) in [6.07, 6.45) is 0. The van der Waals surface area contributed by atoms with E-state index >= 15 is 0 Å². The highest BCUT2D eigenvalue weighted by atomic mass is 127. The molecule has 0 saturated heterocycles. The molecule has 0 aliphatic carbocycles. The highest BCUT2D eigenvalue weighted by Crippen LogP contribution is 2.13. The number of halogens is 1. The van der Waals surface area contributed by atoms with Crippen molar-refractivity contribution in [1.82, 2.24) is 0 Å². The molecule has 0 heterocycles. The van der Waals surface area contributed by atoms with Gasteiger partial charge in [0.05, 0.1) is 6.04 Å². The minimum atomic E-state index is -0.470. The molecule has 2 N–H and O–H groups in total. The van der Waals surface area contributed by atoms with E-state index in [9.17, 15) is 4.79 Å². The molecule has 0 spiro atoms. The van der Waals surface area contributed by atoms with Crippen molar-refractivity contribution >= 4 is 28.4 Å². The molecule has 0 aliphatic rings. The summed E-state index contributed by atoms with van der Waals surface area (Å²) in [5.41, 5.74) is 6.51. The van der Waals surface area contributed by atoms with Crippen molar-refractivity contribution < 1.29 is 4.79 Å². The summed E-state index contributed by atoms with van der Waals surface area (Å²) < 4.78 is 1.15. The Bertz CT molecular complexity index is 281. The second-order valence-electron chi connectivity index (χ2n) is 2.64. The van der Waals surface area contributed by atoms with E-state index in [0.29, 0.717) is 0 Å². The second kappa shape index (κ2) is 4.00. The van der Waals surface area contributed by atoms with Crippen LogP contribution >= 0.6 is 22.6 Å². The number of hydrogen-bond donors (Lipinski definition) is 1. The van der Waals surface area contributed by atoms with Gasteiger partial charge in [0.1, 0.15) is 0 Å². The van der Waals surface area contributed by atoms with Crippen molar-refractivity contribution in [3.8, 4) is 0 Å². The zero-order chi connectivity index (χ0) is 9.14. The van der Waals surface area contributed by atoms with E-state index in [0.717, 1.165) is 9.13 Å². The van der Waals surface area contributed by atoms with Crippen LogP contribution in [0.4, 0.5) is 0 Å². The molecular weight excluding hydrogens is 265 g/mol. The van der Waals surface area contributed by atoms with Crippen molar-refractivity contribution in [2.24, 2.45) is 5.73 Å². The second-order valence-corrected chi connectivity index (χ2v) is 3.89. The molecule has 1 aromatic rings. The lowest BCUT2D eigenvalue weighted by molar-refractivity contribution is -0.118. The van der Waals surface area contributed by atoms with Gasteiger partial charge in [-0.1, -0.05) is 12.1 Å². The highest BCUT2D eigenvalue weighted by molar-refractivity contribution is 14.1. The third-order valence-electron chi connectivity index (χ3n) is 1.67. The first-order chi connectivity index (χ1) is 5.61. The Balaban J connectivity index is 2.89. The maximum Gasteiger partial charge on any atom is 0.150 e. The minimum absolute atomic E-state index is 0.00351. The molecular formula is C9H10INO. The standard InChI is InChI=1S/C9H10INO/c1-6(12)9(11)7-2-4-8(10)5-3-7/h2-5,9H,11H2,1H3. The Morgan fingerprint density at radius 2 is 1.92 bits per heavy atom. The Hall–Kier alpha value is -0.420. The van der Waals surface area contributed by atoms with Crippen LogP contribution in [0.5, 0.6) is 0 Å². The molecule has 12 heavy (non-hydrogen) atoms. The molecule has 0 fully saturated rings. The van der Waals surface area contributed by atoms with Gasteiger partial charge in [-0.25, -0.2) is 0 Å². The van der Waals surface area contributed by atoms with Crippen LogP contribution in [-0.4, -0.2) is 5.78 Å². The van der Waals surface area contributed by atoms with Crippen molar-refractivity contribution in [2.75, 3.05) is 0 Å². The maximum absolute atomic E-state index is 10.9. The van der Waals surface area contributed by atoms with Gasteiger partial charge in [0.2, 0.25) is 0 Å². The van der Waals surface area contributed by atoms with E-state index in [1.807, 2.05) is 24.3 Å². The average Bonchev–Trinajstić information content (AvgIpc) is 2.04. The van der Waals surface area contributed by atoms with E-state index in [1.54, 1.807) is 0 Å². The zero-order valence-corrected chi connectivity index (χ0v) is 8.91. The molecule has 1 unspecified atom stereocenters. The number of carbonyl (C=O) groups is 1. The fourth-order valence-electron chi connectivity index (χ4n) is 0.905. The molecule has 0 amide bonds. The molecule has 2 nitrogen and oxygen atoms in total. The van der Waals surface area contributed by atoms with Gasteiger partial charge in [-0.2, -0.15) is 0 Å². The van der Waals surface area contributed by atoms with Gasteiger partial charge >= 0.3 is 0 Å². The minimum Gasteiger partial charge on any atom is -0.318 e. The van der Waals surface area contributed by atoms with Crippen LogP contribution in [-0.2, 0) is 4.79 Å². The molecule has 0 aliphatic heterocycles. The number of benzene rings is 1. The number of ketones is 1. The summed E-state index contributed by atoms with van der Waals surface area (Å²) in [7, 11) is 0. The van der Waals surface area contributed by atoms with E-state index in [-0.39, 0.29) is 5.78 Å². The number of hydrogen-bond acceptors (Lipinski definition) is 2. The predicted molar refractivity (Wildman–Crippen MR) is 56.8 cm³/mol. The number of rotatable bonds is 2. The van der Waals surface area contributed by atoms with E-state index < -0.39 is 6.04 Å². The van der Waals surface area contributed by atoms with Crippen LogP contribution in [0.3, 0.4) is 0 Å². The number of nitrogens with two attached hydrogens (primary N) is 1. The summed E-state index contributed by atoms with van der Waals surface area (Å²) >= 11 is 2.21. The normalized spacial score (nSPS) is 12.6. The summed E-state index contributed by atoms with van der Waals surface area (Å²) in [5, 5.41) is 0. The first kappa shape index (κ1) is 9.67. The Morgan fingerprint density at radius 3 is 2.33 bits per heavy atom. The van der Waals surface area contributed by atoms with Gasteiger partial charge in [-0.05, 0) is 47.2 Å². The lowest BCUT2D eigenvalue weighted by Gasteiger charge is -2.07. The third kappa shape index (κ3) is 2.28. The molecule has 0 saturated carbocycles. The first-order valence-electron chi connectivity index (χ1n) is 3.63. The average molecular weight is 275 g/mol. The molecule has 0 radical (unpaired) electrons. The highest BCUT2D eigenvalue weighted by Gasteiger charge is 2.09. The fraction of sp³-hybridized carbons (Fsp3) is 0.222. The zero-order valence-electron chi connectivity index (χ0n) is 6.75. The summed E-state index contributed by atoms with van der Waals surface area (Å²) in [6, 6.07) is 7.18. The van der Waals surface area contributed by atoms with E-state index in [1.165, 1.54) is 6.92 Å². The Morgan fingerprint density at radius 1 is 1.42 bits per heavy atom. The van der Waals surface area contributed by atoms with E-state index in [2.05, 4.69) is 22.6 Å². The topological polar surface area (TPSA) is 43.1 Å². The Kier molecular flexibility index (Phi) is 3.22. The molecule has 0 bridgehead atoms. The summed E-state index contributed by atoms with van der Waals surface area (Å²) in [6.45, 7) is 1.50. The Labute approximate surface area is 85.3 Å². The van der Waals surface area contributed by atoms with Gasteiger partial charge in [-0.3, -0.25) is 4.79 Å². The summed E-state index contributed by atoms with van der Waals surface area (Å²) in [4.78, 5) is 10.9. The van der Waals surface area contributed by atoms with Crippen molar-refractivity contribution in [1.29, 1.82) is 0 Å². The van der Waals surface area contributed by atoms with Gasteiger partial charge in [0, 0.05) is 3.57 Å². The molecule has 3 heteroatoms. The maximum atomic E-state index is 10.9.